The third kappa shape index (κ3) is 5.38. The quantitative estimate of drug-likeness (QED) is 0.772. The molecule has 1 amide bonds. The van der Waals surface area contributed by atoms with E-state index in [9.17, 15) is 4.79 Å². The highest BCUT2D eigenvalue weighted by Crippen LogP contribution is 2.15. The number of aryl methyl sites for hydroxylation is 1. The minimum atomic E-state index is -0.127. The molecular formula is C18H24N4O. The van der Waals surface area contributed by atoms with Crippen LogP contribution in [0.25, 0.3) is 0 Å². The van der Waals surface area contributed by atoms with Gasteiger partial charge in [0.25, 0.3) is 5.91 Å². The Morgan fingerprint density at radius 3 is 2.74 bits per heavy atom. The highest BCUT2D eigenvalue weighted by Gasteiger charge is 2.08. The minimum absolute atomic E-state index is 0.127. The second-order valence-corrected chi connectivity index (χ2v) is 5.78. The van der Waals surface area contributed by atoms with Gasteiger partial charge in [0.15, 0.2) is 0 Å². The summed E-state index contributed by atoms with van der Waals surface area (Å²) in [6, 6.07) is 11.2. The average Bonchev–Trinajstić information content (AvgIpc) is 2.54. The number of nitrogens with one attached hydrogen (secondary N) is 2. The van der Waals surface area contributed by atoms with E-state index in [-0.39, 0.29) is 5.91 Å². The molecule has 0 radical (unpaired) electrons. The molecule has 0 unspecified atom stereocenters. The predicted octanol–water partition coefficient (Wildman–Crippen LogP) is 3.01. The van der Waals surface area contributed by atoms with Crippen LogP contribution in [-0.2, 0) is 0 Å². The van der Waals surface area contributed by atoms with E-state index >= 15 is 0 Å². The van der Waals surface area contributed by atoms with E-state index in [1.165, 1.54) is 0 Å². The SMILES string of the molecule is Cc1ccccc1NC(=O)c1ccnc(NCCCN(C)C)c1. The van der Waals surface area contributed by atoms with Gasteiger partial charge in [-0.15, -0.1) is 0 Å². The Labute approximate surface area is 137 Å². The molecule has 0 saturated carbocycles. The fraction of sp³-hybridized carbons (Fsp3) is 0.333. The summed E-state index contributed by atoms with van der Waals surface area (Å²) in [5.41, 5.74) is 2.46. The molecule has 0 aliphatic carbocycles. The summed E-state index contributed by atoms with van der Waals surface area (Å²) >= 11 is 0. The zero-order valence-electron chi connectivity index (χ0n) is 14.0. The summed E-state index contributed by atoms with van der Waals surface area (Å²) in [5, 5.41) is 6.19. The van der Waals surface area contributed by atoms with Crippen LogP contribution in [0.2, 0.25) is 0 Å². The van der Waals surface area contributed by atoms with E-state index in [1.54, 1.807) is 18.3 Å². The first-order valence-corrected chi connectivity index (χ1v) is 7.78. The summed E-state index contributed by atoms with van der Waals surface area (Å²) < 4.78 is 0. The molecule has 0 bridgehead atoms. The molecule has 1 aromatic heterocycles. The van der Waals surface area contributed by atoms with Crippen LogP contribution in [0, 0.1) is 6.92 Å². The normalized spacial score (nSPS) is 10.6. The van der Waals surface area contributed by atoms with Crippen LogP contribution < -0.4 is 10.6 Å². The standard InChI is InChI=1S/C18H24N4O/c1-14-7-4-5-8-16(14)21-18(23)15-9-11-20-17(13-15)19-10-6-12-22(2)3/h4-5,7-9,11,13H,6,10,12H2,1-3H3,(H,19,20)(H,21,23). The number of para-hydroxylation sites is 1. The van der Waals surface area contributed by atoms with Crippen molar-refractivity contribution in [3.05, 3.63) is 53.7 Å². The second-order valence-electron chi connectivity index (χ2n) is 5.78. The monoisotopic (exact) mass is 312 g/mol. The Morgan fingerprint density at radius 2 is 2.00 bits per heavy atom. The number of benzene rings is 1. The van der Waals surface area contributed by atoms with Crippen LogP contribution in [-0.4, -0.2) is 43.0 Å². The highest BCUT2D eigenvalue weighted by atomic mass is 16.1. The summed E-state index contributed by atoms with van der Waals surface area (Å²) in [7, 11) is 4.10. The van der Waals surface area contributed by atoms with E-state index < -0.39 is 0 Å². The maximum atomic E-state index is 12.4. The molecule has 23 heavy (non-hydrogen) atoms. The largest absolute Gasteiger partial charge is 0.370 e. The molecule has 2 rings (SSSR count). The van der Waals surface area contributed by atoms with Crippen molar-refractivity contribution in [2.45, 2.75) is 13.3 Å². The van der Waals surface area contributed by atoms with E-state index in [1.807, 2.05) is 31.2 Å². The molecule has 0 atom stereocenters. The smallest absolute Gasteiger partial charge is 0.255 e. The highest BCUT2D eigenvalue weighted by molar-refractivity contribution is 6.04. The number of pyridine rings is 1. The number of hydrogen-bond donors (Lipinski definition) is 2. The van der Waals surface area contributed by atoms with Crippen LogP contribution >= 0.6 is 0 Å². The summed E-state index contributed by atoms with van der Waals surface area (Å²) in [5.74, 6) is 0.597. The fourth-order valence-corrected chi connectivity index (χ4v) is 2.19. The van der Waals surface area contributed by atoms with Gasteiger partial charge >= 0.3 is 0 Å². The molecule has 5 heteroatoms. The number of carbonyl (C=O) groups excluding carboxylic acids is 1. The van der Waals surface area contributed by atoms with Gasteiger partial charge < -0.3 is 15.5 Å². The third-order valence-electron chi connectivity index (χ3n) is 3.50. The first-order valence-electron chi connectivity index (χ1n) is 7.78. The van der Waals surface area contributed by atoms with Crippen molar-refractivity contribution in [3.8, 4) is 0 Å². The van der Waals surface area contributed by atoms with Crippen LogP contribution in [0.4, 0.5) is 11.5 Å². The molecule has 0 saturated heterocycles. The van der Waals surface area contributed by atoms with Crippen molar-refractivity contribution >= 4 is 17.4 Å². The first-order chi connectivity index (χ1) is 11.1. The molecule has 5 nitrogen and oxygen atoms in total. The van der Waals surface area contributed by atoms with Gasteiger partial charge in [0, 0.05) is 24.0 Å². The first kappa shape index (κ1) is 17.0. The molecule has 1 aromatic carbocycles. The van der Waals surface area contributed by atoms with Crippen molar-refractivity contribution in [3.63, 3.8) is 0 Å². The maximum absolute atomic E-state index is 12.4. The summed E-state index contributed by atoms with van der Waals surface area (Å²) in [6.45, 7) is 3.81. The van der Waals surface area contributed by atoms with Crippen LogP contribution in [0.15, 0.2) is 42.6 Å². The van der Waals surface area contributed by atoms with Crippen molar-refractivity contribution in [2.75, 3.05) is 37.8 Å². The molecule has 2 N–H and O–H groups in total. The Kier molecular flexibility index (Phi) is 6.11. The minimum Gasteiger partial charge on any atom is -0.370 e. The Bertz CT molecular complexity index is 655. The number of hydrogen-bond acceptors (Lipinski definition) is 4. The van der Waals surface area contributed by atoms with Crippen molar-refractivity contribution in [1.82, 2.24) is 9.88 Å². The summed E-state index contributed by atoms with van der Waals surface area (Å²) in [4.78, 5) is 18.8. The fourth-order valence-electron chi connectivity index (χ4n) is 2.19. The molecule has 0 aliphatic heterocycles. The lowest BCUT2D eigenvalue weighted by atomic mass is 10.2. The molecule has 0 aliphatic rings. The Morgan fingerprint density at radius 1 is 1.22 bits per heavy atom. The topological polar surface area (TPSA) is 57.3 Å². The molecule has 2 aromatic rings. The maximum Gasteiger partial charge on any atom is 0.255 e. The number of anilines is 2. The van der Waals surface area contributed by atoms with E-state index in [2.05, 4.69) is 34.6 Å². The lowest BCUT2D eigenvalue weighted by molar-refractivity contribution is 0.102. The zero-order valence-corrected chi connectivity index (χ0v) is 14.0. The van der Waals surface area contributed by atoms with Gasteiger partial charge in [0.05, 0.1) is 0 Å². The van der Waals surface area contributed by atoms with Gasteiger partial charge in [-0.1, -0.05) is 18.2 Å². The Hall–Kier alpha value is -2.40. The van der Waals surface area contributed by atoms with Crippen molar-refractivity contribution in [2.24, 2.45) is 0 Å². The van der Waals surface area contributed by atoms with Crippen LogP contribution in [0.1, 0.15) is 22.3 Å². The van der Waals surface area contributed by atoms with E-state index in [4.69, 9.17) is 0 Å². The zero-order chi connectivity index (χ0) is 16.7. The molecular weight excluding hydrogens is 288 g/mol. The lowest BCUT2D eigenvalue weighted by Gasteiger charge is -2.11. The predicted molar refractivity (Wildman–Crippen MR) is 95.0 cm³/mol. The average molecular weight is 312 g/mol. The Balaban J connectivity index is 1.96. The number of aromatic nitrogens is 1. The third-order valence-corrected chi connectivity index (χ3v) is 3.50. The van der Waals surface area contributed by atoms with Crippen LogP contribution in [0.3, 0.4) is 0 Å². The van der Waals surface area contributed by atoms with E-state index in [0.717, 1.165) is 36.6 Å². The van der Waals surface area contributed by atoms with Gasteiger partial charge in [0.1, 0.15) is 5.82 Å². The molecule has 122 valence electrons. The van der Waals surface area contributed by atoms with Gasteiger partial charge in [-0.25, -0.2) is 4.98 Å². The summed E-state index contributed by atoms with van der Waals surface area (Å²) in [6.07, 6.45) is 2.68. The van der Waals surface area contributed by atoms with Crippen molar-refractivity contribution in [1.29, 1.82) is 0 Å². The van der Waals surface area contributed by atoms with Gasteiger partial charge in [0.2, 0.25) is 0 Å². The lowest BCUT2D eigenvalue weighted by Crippen LogP contribution is -2.17. The number of amides is 1. The van der Waals surface area contributed by atoms with Crippen LogP contribution in [0.5, 0.6) is 0 Å². The second kappa shape index (κ2) is 8.29. The molecule has 0 spiro atoms. The van der Waals surface area contributed by atoms with Crippen molar-refractivity contribution < 1.29 is 4.79 Å². The number of carbonyl (C=O) groups is 1. The number of rotatable bonds is 7. The molecule has 0 fully saturated rings. The van der Waals surface area contributed by atoms with E-state index in [0.29, 0.717) is 5.56 Å². The van der Waals surface area contributed by atoms with Gasteiger partial charge in [-0.3, -0.25) is 4.79 Å². The number of nitrogens with zero attached hydrogens (tertiary/aromatic N) is 2. The van der Waals surface area contributed by atoms with Gasteiger partial charge in [-0.05, 0) is 57.7 Å². The van der Waals surface area contributed by atoms with Gasteiger partial charge in [-0.2, -0.15) is 0 Å². The molecule has 1 heterocycles.